The first-order chi connectivity index (χ1) is 19.3. The number of nitrogens with zero attached hydrogens (tertiary/aromatic N) is 1. The molecule has 9 heteroatoms. The predicted octanol–water partition coefficient (Wildman–Crippen LogP) is 4.14. The second-order valence-corrected chi connectivity index (χ2v) is 10.2. The number of carboxylic acids is 1. The third kappa shape index (κ3) is 8.21. The lowest BCUT2D eigenvalue weighted by Gasteiger charge is -2.37. The van der Waals surface area contributed by atoms with Gasteiger partial charge in [-0.1, -0.05) is 56.5 Å². The molecule has 1 heterocycles. The Morgan fingerprint density at radius 2 is 1.70 bits per heavy atom. The predicted molar refractivity (Wildman–Crippen MR) is 151 cm³/mol. The molecule has 0 saturated carbocycles. The minimum Gasteiger partial charge on any atom is -0.493 e. The van der Waals surface area contributed by atoms with E-state index in [1.807, 2.05) is 42.5 Å². The van der Waals surface area contributed by atoms with Crippen LogP contribution in [-0.2, 0) is 38.5 Å². The number of rotatable bonds is 15. The van der Waals surface area contributed by atoms with Gasteiger partial charge >= 0.3 is 11.9 Å². The van der Waals surface area contributed by atoms with E-state index in [9.17, 15) is 19.5 Å². The van der Waals surface area contributed by atoms with Crippen molar-refractivity contribution in [3.8, 4) is 11.5 Å². The lowest BCUT2D eigenvalue weighted by atomic mass is 9.92. The van der Waals surface area contributed by atoms with Crippen molar-refractivity contribution < 1.29 is 33.7 Å². The van der Waals surface area contributed by atoms with E-state index < -0.39 is 30.1 Å². The maximum atomic E-state index is 13.8. The zero-order valence-corrected chi connectivity index (χ0v) is 24.0. The third-order valence-corrected chi connectivity index (χ3v) is 7.32. The van der Waals surface area contributed by atoms with Crippen molar-refractivity contribution in [3.63, 3.8) is 0 Å². The quantitative estimate of drug-likeness (QED) is 0.249. The topological polar surface area (TPSA) is 114 Å². The van der Waals surface area contributed by atoms with Gasteiger partial charge < -0.3 is 24.2 Å². The summed E-state index contributed by atoms with van der Waals surface area (Å²) in [5.74, 6) is -0.774. The molecule has 0 spiro atoms. The number of carbonyl (C=O) groups is 3. The summed E-state index contributed by atoms with van der Waals surface area (Å²) in [6.45, 7) is 4.21. The van der Waals surface area contributed by atoms with Gasteiger partial charge in [0.15, 0.2) is 11.5 Å². The van der Waals surface area contributed by atoms with E-state index in [1.165, 1.54) is 4.90 Å². The van der Waals surface area contributed by atoms with Crippen LogP contribution in [0.4, 0.5) is 0 Å². The number of nitrogens with one attached hydrogen (secondary N) is 1. The smallest absolute Gasteiger partial charge is 0.329 e. The summed E-state index contributed by atoms with van der Waals surface area (Å²) in [6.07, 6.45) is 5.02. The molecule has 1 aliphatic rings. The van der Waals surface area contributed by atoms with Crippen LogP contribution in [0.3, 0.4) is 0 Å². The highest BCUT2D eigenvalue weighted by Gasteiger charge is 2.38. The fourth-order valence-corrected chi connectivity index (χ4v) is 5.01. The molecule has 0 aliphatic carbocycles. The average molecular weight is 555 g/mol. The Labute approximate surface area is 236 Å². The molecule has 0 aromatic heterocycles. The van der Waals surface area contributed by atoms with Crippen molar-refractivity contribution in [1.29, 1.82) is 0 Å². The number of unbranched alkanes of at least 4 members (excludes halogenated alkanes) is 3. The van der Waals surface area contributed by atoms with E-state index in [0.717, 1.165) is 42.4 Å². The molecule has 3 unspecified atom stereocenters. The van der Waals surface area contributed by atoms with Crippen molar-refractivity contribution in [2.24, 2.45) is 0 Å². The number of amides is 1. The molecule has 2 aromatic carbocycles. The largest absolute Gasteiger partial charge is 0.493 e. The monoisotopic (exact) mass is 554 g/mol. The van der Waals surface area contributed by atoms with Crippen LogP contribution >= 0.6 is 0 Å². The Kier molecular flexibility index (Phi) is 11.8. The first-order valence-corrected chi connectivity index (χ1v) is 14.0. The number of methoxy groups -OCH3 is 2. The molecule has 2 N–H and O–H groups in total. The number of hydrogen-bond donors (Lipinski definition) is 2. The van der Waals surface area contributed by atoms with Crippen molar-refractivity contribution in [2.45, 2.75) is 83.5 Å². The minimum absolute atomic E-state index is 0.165. The van der Waals surface area contributed by atoms with Gasteiger partial charge in [-0.2, -0.15) is 0 Å². The molecule has 40 heavy (non-hydrogen) atoms. The number of carbonyl (C=O) groups excluding carboxylic acids is 2. The Morgan fingerprint density at radius 1 is 1.02 bits per heavy atom. The Morgan fingerprint density at radius 3 is 2.33 bits per heavy atom. The lowest BCUT2D eigenvalue weighted by Crippen LogP contribution is -2.56. The minimum atomic E-state index is -1.03. The molecular formula is C31H42N2O7. The molecule has 218 valence electrons. The van der Waals surface area contributed by atoms with Crippen molar-refractivity contribution >= 4 is 17.8 Å². The normalized spacial score (nSPS) is 16.0. The highest BCUT2D eigenvalue weighted by Crippen LogP contribution is 2.35. The van der Waals surface area contributed by atoms with Crippen LogP contribution in [0.1, 0.15) is 62.6 Å². The lowest BCUT2D eigenvalue weighted by molar-refractivity contribution is -0.157. The molecule has 2 aromatic rings. The molecule has 3 atom stereocenters. The van der Waals surface area contributed by atoms with E-state index in [4.69, 9.17) is 14.2 Å². The number of aryl methyl sites for hydroxylation is 1. The fourth-order valence-electron chi connectivity index (χ4n) is 5.01. The molecule has 9 nitrogen and oxygen atoms in total. The van der Waals surface area contributed by atoms with Crippen LogP contribution < -0.4 is 14.8 Å². The third-order valence-electron chi connectivity index (χ3n) is 7.32. The summed E-state index contributed by atoms with van der Waals surface area (Å²) >= 11 is 0. The summed E-state index contributed by atoms with van der Waals surface area (Å²) < 4.78 is 16.5. The fraction of sp³-hybridized carbons (Fsp3) is 0.516. The van der Waals surface area contributed by atoms with Crippen molar-refractivity contribution in [2.75, 3.05) is 20.8 Å². The Balaban J connectivity index is 1.78. The summed E-state index contributed by atoms with van der Waals surface area (Å²) in [6, 6.07) is 10.7. The van der Waals surface area contributed by atoms with E-state index in [1.54, 1.807) is 21.1 Å². The Hall–Kier alpha value is -3.59. The number of ether oxygens (including phenoxy) is 3. The van der Waals surface area contributed by atoms with Crippen LogP contribution in [0.5, 0.6) is 11.5 Å². The van der Waals surface area contributed by atoms with Crippen LogP contribution in [0, 0.1) is 0 Å². The van der Waals surface area contributed by atoms with Gasteiger partial charge in [-0.15, -0.1) is 0 Å². The van der Waals surface area contributed by atoms with Gasteiger partial charge in [0.05, 0.1) is 26.9 Å². The maximum absolute atomic E-state index is 13.8. The first-order valence-electron chi connectivity index (χ1n) is 14.0. The van der Waals surface area contributed by atoms with Gasteiger partial charge in [0.25, 0.3) is 0 Å². The molecule has 0 fully saturated rings. The van der Waals surface area contributed by atoms with Gasteiger partial charge in [-0.05, 0) is 55.0 Å². The molecule has 1 aliphatic heterocycles. The SMILES string of the molecule is CCCCCCOC(=O)C1Cc2cc(OC)c(OC)cc2CN1C(=O)C(C)NC(CCc1ccccc1)C(=O)O. The van der Waals surface area contributed by atoms with Gasteiger partial charge in [0, 0.05) is 13.0 Å². The highest BCUT2D eigenvalue weighted by molar-refractivity contribution is 5.89. The maximum Gasteiger partial charge on any atom is 0.329 e. The van der Waals surface area contributed by atoms with Gasteiger partial charge in [-0.3, -0.25) is 14.9 Å². The van der Waals surface area contributed by atoms with Crippen LogP contribution in [-0.4, -0.2) is 66.8 Å². The number of fused-ring (bicyclic) bond motifs is 1. The molecule has 0 saturated heterocycles. The standard InChI is InChI=1S/C31H42N2O7/c1-5-6-7-11-16-40-31(37)26-17-23-18-27(38-3)28(39-4)19-24(23)20-33(26)29(34)21(2)32-25(30(35)36)15-14-22-12-9-8-10-13-22/h8-10,12-13,18-19,21,25-26,32H,5-7,11,14-17,20H2,1-4H3,(H,35,36). The average Bonchev–Trinajstić information content (AvgIpc) is 2.97. The van der Waals surface area contributed by atoms with Crippen LogP contribution in [0.25, 0.3) is 0 Å². The second kappa shape index (κ2) is 15.3. The van der Waals surface area contributed by atoms with Gasteiger partial charge in [-0.25, -0.2) is 4.79 Å². The number of esters is 1. The number of aliphatic carboxylic acids is 1. The number of carboxylic acid groups (broad SMARTS) is 1. The van der Waals surface area contributed by atoms with Gasteiger partial charge in [0.1, 0.15) is 12.1 Å². The molecule has 0 radical (unpaired) electrons. The summed E-state index contributed by atoms with van der Waals surface area (Å²) in [7, 11) is 3.09. The van der Waals surface area contributed by atoms with E-state index in [-0.39, 0.29) is 18.9 Å². The van der Waals surface area contributed by atoms with Crippen molar-refractivity contribution in [1.82, 2.24) is 10.2 Å². The van der Waals surface area contributed by atoms with Gasteiger partial charge in [0.2, 0.25) is 5.91 Å². The number of benzene rings is 2. The summed E-state index contributed by atoms with van der Waals surface area (Å²) in [4.78, 5) is 40.5. The van der Waals surface area contributed by atoms with Crippen molar-refractivity contribution in [3.05, 3.63) is 59.2 Å². The van der Waals surface area contributed by atoms with Crippen LogP contribution in [0.2, 0.25) is 0 Å². The Bertz CT molecular complexity index is 1140. The first kappa shape index (κ1) is 30.9. The molecule has 3 rings (SSSR count). The summed E-state index contributed by atoms with van der Waals surface area (Å²) in [5, 5.41) is 12.8. The molecule has 0 bridgehead atoms. The zero-order valence-electron chi connectivity index (χ0n) is 24.0. The summed E-state index contributed by atoms with van der Waals surface area (Å²) in [5.41, 5.74) is 2.74. The molecular weight excluding hydrogens is 512 g/mol. The van der Waals surface area contributed by atoms with E-state index in [0.29, 0.717) is 30.9 Å². The number of hydrogen-bond acceptors (Lipinski definition) is 7. The molecule has 1 amide bonds. The van der Waals surface area contributed by atoms with E-state index >= 15 is 0 Å². The zero-order chi connectivity index (χ0) is 29.1. The second-order valence-electron chi connectivity index (χ2n) is 10.2. The highest BCUT2D eigenvalue weighted by atomic mass is 16.5. The van der Waals surface area contributed by atoms with Crippen LogP contribution in [0.15, 0.2) is 42.5 Å². The van der Waals surface area contributed by atoms with E-state index in [2.05, 4.69) is 12.2 Å².